The molecule has 1 amide bonds. The molecule has 0 fully saturated rings. The van der Waals surface area contributed by atoms with Gasteiger partial charge in [-0.25, -0.2) is 4.79 Å². The molecule has 140 valence electrons. The highest BCUT2D eigenvalue weighted by atomic mass is 16.6. The molecule has 0 aliphatic rings. The molecule has 0 spiro atoms. The van der Waals surface area contributed by atoms with Crippen molar-refractivity contribution in [3.05, 3.63) is 58.6 Å². The van der Waals surface area contributed by atoms with Crippen LogP contribution in [0.1, 0.15) is 0 Å². The zero-order valence-corrected chi connectivity index (χ0v) is 15.1. The summed E-state index contributed by atoms with van der Waals surface area (Å²) in [6.07, 6.45) is -0.588. The van der Waals surface area contributed by atoms with Crippen molar-refractivity contribution < 1.29 is 14.5 Å². The largest absolute Gasteiger partial charge is 0.413 e. The lowest BCUT2D eigenvalue weighted by atomic mass is 10.0. The summed E-state index contributed by atoms with van der Waals surface area (Å²) in [7, 11) is 3.82. The van der Waals surface area contributed by atoms with E-state index < -0.39 is 11.0 Å². The number of nitrogens with zero attached hydrogens (tertiary/aromatic N) is 2. The molecule has 0 bridgehead atoms. The molecule has 0 aliphatic heterocycles. The van der Waals surface area contributed by atoms with Crippen LogP contribution in [0.5, 0.6) is 5.88 Å². The van der Waals surface area contributed by atoms with E-state index in [-0.39, 0.29) is 11.6 Å². The van der Waals surface area contributed by atoms with Gasteiger partial charge in [-0.05, 0) is 25.7 Å². The van der Waals surface area contributed by atoms with Crippen LogP contribution in [0.15, 0.2) is 48.5 Å². The highest BCUT2D eigenvalue weighted by molar-refractivity contribution is 6.00. The van der Waals surface area contributed by atoms with Crippen molar-refractivity contribution in [1.82, 2.24) is 15.2 Å². The third-order valence-electron chi connectivity index (χ3n) is 4.04. The zero-order valence-electron chi connectivity index (χ0n) is 15.1. The van der Waals surface area contributed by atoms with Crippen molar-refractivity contribution in [2.75, 3.05) is 27.2 Å². The molecule has 8 nitrogen and oxygen atoms in total. The fraction of sp³-hybridized carbons (Fsp3) is 0.211. The molecule has 0 saturated carbocycles. The molecule has 0 unspecified atom stereocenters. The molecule has 3 rings (SSSR count). The lowest BCUT2D eigenvalue weighted by molar-refractivity contribution is -0.384. The number of carbonyl (C=O) groups excluding carboxylic acids is 1. The first-order valence-electron chi connectivity index (χ1n) is 8.41. The first-order chi connectivity index (χ1) is 13.0. The van der Waals surface area contributed by atoms with E-state index in [9.17, 15) is 14.9 Å². The van der Waals surface area contributed by atoms with Gasteiger partial charge >= 0.3 is 6.09 Å². The summed E-state index contributed by atoms with van der Waals surface area (Å²) < 4.78 is 5.47. The van der Waals surface area contributed by atoms with Gasteiger partial charge in [0, 0.05) is 36.1 Å². The van der Waals surface area contributed by atoms with Crippen molar-refractivity contribution in [3.8, 4) is 17.0 Å². The number of benzene rings is 2. The summed E-state index contributed by atoms with van der Waals surface area (Å²) >= 11 is 0. The number of non-ortho nitro benzene ring substituents is 1. The number of likely N-dealkylation sites (N-methyl/N-ethyl adjacent to an activating group) is 1. The van der Waals surface area contributed by atoms with E-state index in [0.29, 0.717) is 29.6 Å². The Labute approximate surface area is 155 Å². The normalized spacial score (nSPS) is 10.9. The van der Waals surface area contributed by atoms with E-state index in [1.807, 2.05) is 49.3 Å². The maximum absolute atomic E-state index is 12.1. The zero-order chi connectivity index (χ0) is 19.4. The molecule has 0 aliphatic carbocycles. The van der Waals surface area contributed by atoms with Gasteiger partial charge < -0.3 is 19.9 Å². The molecule has 2 N–H and O–H groups in total. The van der Waals surface area contributed by atoms with Gasteiger partial charge in [0.2, 0.25) is 5.88 Å². The van der Waals surface area contributed by atoms with Gasteiger partial charge in [-0.3, -0.25) is 10.1 Å². The topological polar surface area (TPSA) is 100 Å². The van der Waals surface area contributed by atoms with Gasteiger partial charge in [0.05, 0.1) is 10.5 Å². The number of aromatic nitrogens is 1. The first-order valence-corrected chi connectivity index (χ1v) is 8.41. The maximum atomic E-state index is 12.1. The second-order valence-electron chi connectivity index (χ2n) is 6.30. The molecule has 0 radical (unpaired) electrons. The minimum atomic E-state index is -0.588. The number of nitro benzene ring substituents is 1. The predicted octanol–water partition coefficient (Wildman–Crippen LogP) is 3.39. The Bertz CT molecular complexity index is 967. The molecule has 8 heteroatoms. The number of nitrogens with one attached hydrogen (secondary N) is 2. The minimum Gasteiger partial charge on any atom is -0.393 e. The molecular formula is C19H20N4O4. The van der Waals surface area contributed by atoms with Crippen LogP contribution in [0.25, 0.3) is 22.0 Å². The second-order valence-corrected chi connectivity index (χ2v) is 6.30. The third kappa shape index (κ3) is 4.24. The molecule has 1 aromatic heterocycles. The number of amides is 1. The van der Waals surface area contributed by atoms with Gasteiger partial charge in [0.25, 0.3) is 5.69 Å². The quantitative estimate of drug-likeness (QED) is 0.513. The number of hydrogen-bond acceptors (Lipinski definition) is 5. The average molecular weight is 368 g/mol. The smallest absolute Gasteiger partial charge is 0.393 e. The molecule has 27 heavy (non-hydrogen) atoms. The van der Waals surface area contributed by atoms with Crippen LogP contribution in [-0.2, 0) is 0 Å². The number of H-pyrrole nitrogens is 1. The molecule has 2 aromatic carbocycles. The number of carbonyl (C=O) groups is 1. The second kappa shape index (κ2) is 7.88. The minimum absolute atomic E-state index is 0.0272. The van der Waals surface area contributed by atoms with E-state index in [2.05, 4.69) is 10.3 Å². The summed E-state index contributed by atoms with van der Waals surface area (Å²) in [4.78, 5) is 27.8. The van der Waals surface area contributed by atoms with Crippen LogP contribution in [0.4, 0.5) is 10.5 Å². The van der Waals surface area contributed by atoms with Crippen molar-refractivity contribution in [2.24, 2.45) is 0 Å². The van der Waals surface area contributed by atoms with E-state index in [0.717, 1.165) is 5.56 Å². The first kappa shape index (κ1) is 18.4. The number of nitro groups is 1. The fourth-order valence-electron chi connectivity index (χ4n) is 2.75. The number of hydrogen-bond donors (Lipinski definition) is 2. The molecule has 3 aromatic rings. The van der Waals surface area contributed by atoms with E-state index >= 15 is 0 Å². The number of rotatable bonds is 6. The Morgan fingerprint density at radius 1 is 1.22 bits per heavy atom. The Hall–Kier alpha value is -3.39. The lowest BCUT2D eigenvalue weighted by Crippen LogP contribution is -2.33. The van der Waals surface area contributed by atoms with Crippen molar-refractivity contribution >= 4 is 22.7 Å². The van der Waals surface area contributed by atoms with Gasteiger partial charge in [0.15, 0.2) is 0 Å². The van der Waals surface area contributed by atoms with Crippen molar-refractivity contribution in [1.29, 1.82) is 0 Å². The Morgan fingerprint density at radius 3 is 2.63 bits per heavy atom. The maximum Gasteiger partial charge on any atom is 0.413 e. The highest BCUT2D eigenvalue weighted by Crippen LogP contribution is 2.38. The van der Waals surface area contributed by atoms with Gasteiger partial charge in [-0.1, -0.05) is 30.3 Å². The molecule has 1 heterocycles. The van der Waals surface area contributed by atoms with Crippen LogP contribution in [0.3, 0.4) is 0 Å². The summed E-state index contributed by atoms with van der Waals surface area (Å²) in [5.41, 5.74) is 2.02. The van der Waals surface area contributed by atoms with Gasteiger partial charge in [-0.15, -0.1) is 0 Å². The van der Waals surface area contributed by atoms with E-state index in [1.54, 1.807) is 6.07 Å². The van der Waals surface area contributed by atoms with E-state index in [1.165, 1.54) is 12.1 Å². The Kier molecular flexibility index (Phi) is 5.37. The van der Waals surface area contributed by atoms with Crippen LogP contribution >= 0.6 is 0 Å². The Morgan fingerprint density at radius 2 is 1.96 bits per heavy atom. The molecule has 0 saturated heterocycles. The average Bonchev–Trinajstić information content (AvgIpc) is 2.98. The summed E-state index contributed by atoms with van der Waals surface area (Å²) in [6, 6.07) is 13.8. The highest BCUT2D eigenvalue weighted by Gasteiger charge is 2.19. The van der Waals surface area contributed by atoms with Crippen molar-refractivity contribution in [3.63, 3.8) is 0 Å². The van der Waals surface area contributed by atoms with Crippen LogP contribution < -0.4 is 10.1 Å². The number of fused-ring (bicyclic) bond motifs is 1. The predicted molar refractivity (Wildman–Crippen MR) is 103 cm³/mol. The van der Waals surface area contributed by atoms with Gasteiger partial charge in [-0.2, -0.15) is 0 Å². The number of aromatic amines is 1. The summed E-state index contributed by atoms with van der Waals surface area (Å²) in [6.45, 7) is 1.12. The number of ether oxygens (including phenoxy) is 1. The molecular weight excluding hydrogens is 348 g/mol. The summed E-state index contributed by atoms with van der Waals surface area (Å²) in [5, 5.41) is 14.4. The fourth-order valence-corrected chi connectivity index (χ4v) is 2.75. The SMILES string of the molecule is CN(C)CCNC(=O)Oc1[nH]c2ccc([N+](=O)[O-])cc2c1-c1ccccc1. The van der Waals surface area contributed by atoms with E-state index in [4.69, 9.17) is 4.74 Å². The third-order valence-corrected chi connectivity index (χ3v) is 4.04. The standard InChI is InChI=1S/C19H20N4O4/c1-22(2)11-10-20-19(24)27-18-17(13-6-4-3-5-7-13)15-12-14(23(25)26)8-9-16(15)21-18/h3-9,12,21H,10-11H2,1-2H3,(H,20,24). The van der Waals surface area contributed by atoms with Crippen LogP contribution in [0.2, 0.25) is 0 Å². The molecule has 0 atom stereocenters. The lowest BCUT2D eigenvalue weighted by Gasteiger charge is -2.11. The van der Waals surface area contributed by atoms with Crippen LogP contribution in [-0.4, -0.2) is 48.1 Å². The van der Waals surface area contributed by atoms with Gasteiger partial charge in [0.1, 0.15) is 0 Å². The van der Waals surface area contributed by atoms with Crippen LogP contribution in [0, 0.1) is 10.1 Å². The monoisotopic (exact) mass is 368 g/mol. The Balaban J connectivity index is 1.99. The summed E-state index contributed by atoms with van der Waals surface area (Å²) in [5.74, 6) is 0.249. The van der Waals surface area contributed by atoms with Crippen molar-refractivity contribution in [2.45, 2.75) is 0 Å².